The number of amides is 2. The van der Waals surface area contributed by atoms with E-state index in [1.165, 1.54) is 21.3 Å². The van der Waals surface area contributed by atoms with Crippen molar-refractivity contribution in [2.45, 2.75) is 33.6 Å². The number of hydrogen-bond donors (Lipinski definition) is 1. The van der Waals surface area contributed by atoms with Gasteiger partial charge in [-0.1, -0.05) is 20.8 Å². The summed E-state index contributed by atoms with van der Waals surface area (Å²) in [5, 5.41) is 2.93. The van der Waals surface area contributed by atoms with Gasteiger partial charge < -0.3 is 24.4 Å². The molecule has 0 unspecified atom stereocenters. The fourth-order valence-electron chi connectivity index (χ4n) is 3.71. The molecular formula is C24H30N2O5. The third kappa shape index (κ3) is 4.60. The summed E-state index contributed by atoms with van der Waals surface area (Å²) < 4.78 is 16.0. The maximum Gasteiger partial charge on any atom is 0.255 e. The molecule has 0 spiro atoms. The van der Waals surface area contributed by atoms with Crippen LogP contribution in [0, 0.1) is 5.41 Å². The zero-order valence-corrected chi connectivity index (χ0v) is 19.0. The lowest BCUT2D eigenvalue weighted by molar-refractivity contribution is -0.125. The number of carbonyl (C=O) groups is 2. The summed E-state index contributed by atoms with van der Waals surface area (Å²) in [5.74, 6) is 1.06. The molecule has 1 heterocycles. The van der Waals surface area contributed by atoms with Crippen LogP contribution in [0.3, 0.4) is 0 Å². The normalized spacial score (nSPS) is 13.3. The second-order valence-corrected chi connectivity index (χ2v) is 8.52. The Morgan fingerprint density at radius 3 is 2.16 bits per heavy atom. The minimum absolute atomic E-state index is 0.0997. The standard InChI is InChI=1S/C24H30N2O5/c1-24(2,3)23(28)26-11-7-8-15-12-17(9-10-18(15)26)25-22(27)16-13-19(29-4)21(31-6)20(14-16)30-5/h9-10,12-14H,7-8,11H2,1-6H3,(H,25,27). The Morgan fingerprint density at radius 1 is 0.968 bits per heavy atom. The molecule has 3 rings (SSSR count). The third-order valence-corrected chi connectivity index (χ3v) is 5.27. The van der Waals surface area contributed by atoms with Crippen LogP contribution in [0.4, 0.5) is 11.4 Å². The van der Waals surface area contributed by atoms with Gasteiger partial charge in [-0.15, -0.1) is 0 Å². The number of methoxy groups -OCH3 is 3. The Kier molecular flexibility index (Phi) is 6.43. The van der Waals surface area contributed by atoms with Crippen molar-refractivity contribution in [3.05, 3.63) is 41.5 Å². The number of fused-ring (bicyclic) bond motifs is 1. The second kappa shape index (κ2) is 8.88. The van der Waals surface area contributed by atoms with E-state index in [0.29, 0.717) is 35.0 Å². The first-order valence-corrected chi connectivity index (χ1v) is 10.3. The summed E-state index contributed by atoms with van der Waals surface area (Å²) >= 11 is 0. The highest BCUT2D eigenvalue weighted by molar-refractivity contribution is 6.05. The predicted molar refractivity (Wildman–Crippen MR) is 121 cm³/mol. The van der Waals surface area contributed by atoms with Crippen LogP contribution in [0.5, 0.6) is 17.2 Å². The number of aryl methyl sites for hydroxylation is 1. The molecule has 0 atom stereocenters. The third-order valence-electron chi connectivity index (χ3n) is 5.27. The first-order chi connectivity index (χ1) is 14.7. The molecule has 0 bridgehead atoms. The lowest BCUT2D eigenvalue weighted by Crippen LogP contribution is -2.42. The molecule has 0 aromatic heterocycles. The summed E-state index contributed by atoms with van der Waals surface area (Å²) in [6.45, 7) is 6.49. The Labute approximate surface area is 183 Å². The number of nitrogens with one attached hydrogen (secondary N) is 1. The van der Waals surface area contributed by atoms with Crippen molar-refractivity contribution in [1.82, 2.24) is 0 Å². The van der Waals surface area contributed by atoms with Gasteiger partial charge in [-0.25, -0.2) is 0 Å². The Bertz CT molecular complexity index is 969. The van der Waals surface area contributed by atoms with Gasteiger partial charge in [0.1, 0.15) is 0 Å². The van der Waals surface area contributed by atoms with E-state index in [1.54, 1.807) is 12.1 Å². The first kappa shape index (κ1) is 22.5. The molecule has 0 saturated carbocycles. The fraction of sp³-hybridized carbons (Fsp3) is 0.417. The fourth-order valence-corrected chi connectivity index (χ4v) is 3.71. The van der Waals surface area contributed by atoms with E-state index in [0.717, 1.165) is 24.1 Å². The Balaban J connectivity index is 1.86. The molecule has 7 heteroatoms. The summed E-state index contributed by atoms with van der Waals surface area (Å²) in [4.78, 5) is 27.6. The van der Waals surface area contributed by atoms with E-state index in [1.807, 2.05) is 43.9 Å². The van der Waals surface area contributed by atoms with E-state index in [4.69, 9.17) is 14.2 Å². The van der Waals surface area contributed by atoms with Crippen molar-refractivity contribution in [3.8, 4) is 17.2 Å². The van der Waals surface area contributed by atoms with E-state index in [9.17, 15) is 9.59 Å². The van der Waals surface area contributed by atoms with Crippen LogP contribution < -0.4 is 24.4 Å². The molecule has 31 heavy (non-hydrogen) atoms. The summed E-state index contributed by atoms with van der Waals surface area (Å²) in [5.41, 5.74) is 2.57. The molecule has 7 nitrogen and oxygen atoms in total. The number of nitrogens with zero attached hydrogens (tertiary/aromatic N) is 1. The number of benzene rings is 2. The smallest absolute Gasteiger partial charge is 0.255 e. The quantitative estimate of drug-likeness (QED) is 0.772. The predicted octanol–water partition coefficient (Wildman–Crippen LogP) is 4.29. The van der Waals surface area contributed by atoms with Crippen LogP contribution in [0.1, 0.15) is 43.1 Å². The van der Waals surface area contributed by atoms with Crippen molar-refractivity contribution in [2.75, 3.05) is 38.1 Å². The number of hydrogen-bond acceptors (Lipinski definition) is 5. The van der Waals surface area contributed by atoms with E-state index in [2.05, 4.69) is 5.32 Å². The van der Waals surface area contributed by atoms with Crippen LogP contribution >= 0.6 is 0 Å². The van der Waals surface area contributed by atoms with Gasteiger partial charge in [-0.05, 0) is 48.7 Å². The van der Waals surface area contributed by atoms with Crippen molar-refractivity contribution in [1.29, 1.82) is 0 Å². The average molecular weight is 427 g/mol. The average Bonchev–Trinajstić information content (AvgIpc) is 2.76. The van der Waals surface area contributed by atoms with Crippen LogP contribution in [0.2, 0.25) is 0 Å². The van der Waals surface area contributed by atoms with E-state index < -0.39 is 5.41 Å². The zero-order chi connectivity index (χ0) is 22.8. The van der Waals surface area contributed by atoms with Gasteiger partial charge in [0.05, 0.1) is 21.3 Å². The van der Waals surface area contributed by atoms with Gasteiger partial charge in [-0.3, -0.25) is 9.59 Å². The molecule has 2 amide bonds. The van der Waals surface area contributed by atoms with Crippen molar-refractivity contribution in [3.63, 3.8) is 0 Å². The first-order valence-electron chi connectivity index (χ1n) is 10.3. The van der Waals surface area contributed by atoms with Crippen molar-refractivity contribution >= 4 is 23.2 Å². The van der Waals surface area contributed by atoms with Gasteiger partial charge in [0.15, 0.2) is 11.5 Å². The molecule has 2 aromatic carbocycles. The van der Waals surface area contributed by atoms with Gasteiger partial charge in [0.2, 0.25) is 11.7 Å². The molecule has 0 saturated heterocycles. The SMILES string of the molecule is COc1cc(C(=O)Nc2ccc3c(c2)CCCN3C(=O)C(C)(C)C)cc(OC)c1OC. The molecule has 0 radical (unpaired) electrons. The van der Waals surface area contributed by atoms with Crippen LogP contribution in [-0.2, 0) is 11.2 Å². The topological polar surface area (TPSA) is 77.1 Å². The minimum atomic E-state index is -0.450. The van der Waals surface area contributed by atoms with Crippen molar-refractivity contribution in [2.24, 2.45) is 5.41 Å². The maximum absolute atomic E-state index is 12.9. The summed E-state index contributed by atoms with van der Waals surface area (Å²) in [6, 6.07) is 8.89. The number of ether oxygens (including phenoxy) is 3. The van der Waals surface area contributed by atoms with Gasteiger partial charge in [0, 0.05) is 28.9 Å². The minimum Gasteiger partial charge on any atom is -0.493 e. The largest absolute Gasteiger partial charge is 0.493 e. The lowest BCUT2D eigenvalue weighted by atomic mass is 9.92. The van der Waals surface area contributed by atoms with E-state index >= 15 is 0 Å². The highest BCUT2D eigenvalue weighted by Gasteiger charge is 2.31. The molecule has 166 valence electrons. The monoisotopic (exact) mass is 426 g/mol. The summed E-state index contributed by atoms with van der Waals surface area (Å²) in [7, 11) is 4.53. The second-order valence-electron chi connectivity index (χ2n) is 8.52. The Hall–Kier alpha value is -3.22. The number of carbonyl (C=O) groups excluding carboxylic acids is 2. The molecular weight excluding hydrogens is 396 g/mol. The molecule has 1 N–H and O–H groups in total. The van der Waals surface area contributed by atoms with Gasteiger partial charge in [0.25, 0.3) is 5.91 Å². The van der Waals surface area contributed by atoms with E-state index in [-0.39, 0.29) is 11.8 Å². The molecule has 2 aromatic rings. The van der Waals surface area contributed by atoms with Gasteiger partial charge in [-0.2, -0.15) is 0 Å². The summed E-state index contributed by atoms with van der Waals surface area (Å²) in [6.07, 6.45) is 1.75. The van der Waals surface area contributed by atoms with Crippen molar-refractivity contribution < 1.29 is 23.8 Å². The van der Waals surface area contributed by atoms with Crippen LogP contribution in [0.25, 0.3) is 0 Å². The van der Waals surface area contributed by atoms with Crippen LogP contribution in [-0.4, -0.2) is 39.7 Å². The Morgan fingerprint density at radius 2 is 1.61 bits per heavy atom. The molecule has 0 fully saturated rings. The number of anilines is 2. The molecule has 1 aliphatic rings. The zero-order valence-electron chi connectivity index (χ0n) is 19.0. The lowest BCUT2D eigenvalue weighted by Gasteiger charge is -2.34. The highest BCUT2D eigenvalue weighted by atomic mass is 16.5. The van der Waals surface area contributed by atoms with Crippen LogP contribution in [0.15, 0.2) is 30.3 Å². The maximum atomic E-state index is 12.9. The number of rotatable bonds is 5. The molecule has 0 aliphatic carbocycles. The molecule has 1 aliphatic heterocycles. The van der Waals surface area contributed by atoms with Gasteiger partial charge >= 0.3 is 0 Å². The highest BCUT2D eigenvalue weighted by Crippen LogP contribution is 2.38.